The molecule has 0 saturated heterocycles. The first-order valence-corrected chi connectivity index (χ1v) is 7.53. The van der Waals surface area contributed by atoms with Gasteiger partial charge in [-0.2, -0.15) is 0 Å². The second kappa shape index (κ2) is 5.09. The zero-order chi connectivity index (χ0) is 16.0. The van der Waals surface area contributed by atoms with Crippen molar-refractivity contribution in [1.82, 2.24) is 0 Å². The molecule has 4 nitrogen and oxygen atoms in total. The average Bonchev–Trinajstić information content (AvgIpc) is 2.42. The van der Waals surface area contributed by atoms with Crippen molar-refractivity contribution in [3.63, 3.8) is 0 Å². The van der Waals surface area contributed by atoms with Crippen LogP contribution in [0.15, 0.2) is 18.2 Å². The van der Waals surface area contributed by atoms with Crippen molar-refractivity contribution < 1.29 is 10.0 Å². The molecule has 0 heterocycles. The van der Waals surface area contributed by atoms with Gasteiger partial charge in [-0.05, 0) is 40.4 Å². The molecule has 21 heavy (non-hydrogen) atoms. The van der Waals surface area contributed by atoms with Crippen LogP contribution >= 0.6 is 0 Å². The largest absolute Gasteiger partial charge is 0.381 e. The van der Waals surface area contributed by atoms with Gasteiger partial charge >= 0.3 is 0 Å². The Labute approximate surface area is 126 Å². The molecule has 0 bridgehead atoms. The van der Waals surface area contributed by atoms with Crippen molar-refractivity contribution in [1.29, 1.82) is 0 Å². The predicted molar refractivity (Wildman–Crippen MR) is 83.1 cm³/mol. The second-order valence-corrected chi connectivity index (χ2v) is 7.54. The van der Waals surface area contributed by atoms with Gasteiger partial charge in [0.1, 0.15) is 6.10 Å². The maximum Gasteiger partial charge on any atom is 0.239 e. The lowest BCUT2D eigenvalue weighted by Gasteiger charge is -2.42. The monoisotopic (exact) mass is 291 g/mol. The predicted octanol–water partition coefficient (Wildman–Crippen LogP) is 3.73. The van der Waals surface area contributed by atoms with E-state index in [9.17, 15) is 15.2 Å². The molecule has 0 fully saturated rings. The van der Waals surface area contributed by atoms with Gasteiger partial charge in [0.15, 0.2) is 0 Å². The Kier molecular flexibility index (Phi) is 3.87. The Bertz CT molecular complexity index is 563. The van der Waals surface area contributed by atoms with E-state index in [1.807, 2.05) is 18.2 Å². The average molecular weight is 291 g/mol. The van der Waals surface area contributed by atoms with E-state index in [-0.39, 0.29) is 10.8 Å². The normalized spacial score (nSPS) is 22.2. The molecular formula is C17H25NO3. The highest BCUT2D eigenvalue weighted by molar-refractivity contribution is 5.44. The minimum Gasteiger partial charge on any atom is -0.381 e. The molecular weight excluding hydrogens is 266 g/mol. The summed E-state index contributed by atoms with van der Waals surface area (Å²) >= 11 is 0. The molecule has 0 saturated carbocycles. The summed E-state index contributed by atoms with van der Waals surface area (Å²) in [5, 5.41) is 21.1. The van der Waals surface area contributed by atoms with Gasteiger partial charge in [-0.3, -0.25) is 10.1 Å². The van der Waals surface area contributed by atoms with Crippen molar-refractivity contribution in [2.45, 2.75) is 70.4 Å². The first-order chi connectivity index (χ1) is 9.56. The maximum atomic E-state index is 10.9. The van der Waals surface area contributed by atoms with E-state index in [0.29, 0.717) is 5.56 Å². The number of aliphatic hydroxyl groups excluding tert-OH is 1. The fraction of sp³-hybridized carbons (Fsp3) is 0.647. The molecule has 116 valence electrons. The number of aliphatic hydroxyl groups is 1. The minimum atomic E-state index is -1.06. The summed E-state index contributed by atoms with van der Waals surface area (Å²) in [6.07, 6.45) is 1.14. The summed E-state index contributed by atoms with van der Waals surface area (Å²) in [6.45, 7) is 10.3. The summed E-state index contributed by atoms with van der Waals surface area (Å²) in [5.41, 5.74) is 3.31. The Morgan fingerprint density at radius 1 is 1.14 bits per heavy atom. The van der Waals surface area contributed by atoms with Crippen LogP contribution in [0.5, 0.6) is 0 Å². The lowest BCUT2D eigenvalue weighted by molar-refractivity contribution is -0.531. The van der Waals surface area contributed by atoms with E-state index >= 15 is 0 Å². The molecule has 2 rings (SSSR count). The third-order valence-electron chi connectivity index (χ3n) is 5.01. The van der Waals surface area contributed by atoms with Gasteiger partial charge in [0.2, 0.25) is 6.04 Å². The third-order valence-corrected chi connectivity index (χ3v) is 5.01. The molecule has 1 aliphatic rings. The van der Waals surface area contributed by atoms with Crippen molar-refractivity contribution in [2.24, 2.45) is 0 Å². The third kappa shape index (κ3) is 2.82. The van der Waals surface area contributed by atoms with E-state index < -0.39 is 17.1 Å². The van der Waals surface area contributed by atoms with Crippen LogP contribution in [0.1, 0.15) is 70.3 Å². The summed E-state index contributed by atoms with van der Waals surface area (Å²) in [6, 6.07) is 4.86. The first kappa shape index (κ1) is 16.0. The lowest BCUT2D eigenvalue weighted by Crippen LogP contribution is -2.34. The highest BCUT2D eigenvalue weighted by Crippen LogP contribution is 2.46. The zero-order valence-corrected chi connectivity index (χ0v) is 13.5. The minimum absolute atomic E-state index is 0.0401. The van der Waals surface area contributed by atoms with Crippen LogP contribution < -0.4 is 0 Å². The van der Waals surface area contributed by atoms with E-state index in [2.05, 4.69) is 27.7 Å². The van der Waals surface area contributed by atoms with Crippen LogP contribution in [0.4, 0.5) is 0 Å². The summed E-state index contributed by atoms with van der Waals surface area (Å²) in [5.74, 6) is 0. The van der Waals surface area contributed by atoms with E-state index in [4.69, 9.17) is 0 Å². The maximum absolute atomic E-state index is 10.9. The molecule has 0 aliphatic heterocycles. The van der Waals surface area contributed by atoms with Gasteiger partial charge in [-0.15, -0.1) is 0 Å². The van der Waals surface area contributed by atoms with Gasteiger partial charge in [0, 0.05) is 11.8 Å². The highest BCUT2D eigenvalue weighted by atomic mass is 16.6. The molecule has 2 atom stereocenters. The lowest BCUT2D eigenvalue weighted by atomic mass is 9.63. The number of rotatable bonds is 3. The van der Waals surface area contributed by atoms with Crippen LogP contribution in [-0.2, 0) is 10.8 Å². The number of hydrogen-bond donors (Lipinski definition) is 1. The zero-order valence-electron chi connectivity index (χ0n) is 13.5. The molecule has 0 aromatic heterocycles. The van der Waals surface area contributed by atoms with Gasteiger partial charge in [-0.25, -0.2) is 0 Å². The standard InChI is InChI=1S/C17H25NO3/c1-11(18(20)21)15(19)12-6-7-13-14(10-12)17(4,5)9-8-16(13,2)3/h6-7,10-11,15,19H,8-9H2,1-5H3. The van der Waals surface area contributed by atoms with Crippen LogP contribution in [0.3, 0.4) is 0 Å². The molecule has 0 spiro atoms. The van der Waals surface area contributed by atoms with Crippen molar-refractivity contribution in [3.8, 4) is 0 Å². The molecule has 1 N–H and O–H groups in total. The Hall–Kier alpha value is -1.42. The summed E-state index contributed by atoms with van der Waals surface area (Å²) in [4.78, 5) is 10.4. The molecule has 1 aromatic rings. The first-order valence-electron chi connectivity index (χ1n) is 7.53. The van der Waals surface area contributed by atoms with Crippen LogP contribution in [0.2, 0.25) is 0 Å². The topological polar surface area (TPSA) is 63.4 Å². The Morgan fingerprint density at radius 3 is 2.19 bits per heavy atom. The van der Waals surface area contributed by atoms with E-state index in [1.54, 1.807) is 0 Å². The summed E-state index contributed by atoms with van der Waals surface area (Å²) in [7, 11) is 0. The van der Waals surface area contributed by atoms with Crippen molar-refractivity contribution >= 4 is 0 Å². The number of fused-ring (bicyclic) bond motifs is 1. The number of nitro groups is 1. The molecule has 0 amide bonds. The smallest absolute Gasteiger partial charge is 0.239 e. The number of nitrogens with zero attached hydrogens (tertiary/aromatic N) is 1. The van der Waals surface area contributed by atoms with Gasteiger partial charge in [0.25, 0.3) is 0 Å². The highest BCUT2D eigenvalue weighted by Gasteiger charge is 2.38. The van der Waals surface area contributed by atoms with Gasteiger partial charge in [0.05, 0.1) is 0 Å². The van der Waals surface area contributed by atoms with Gasteiger partial charge < -0.3 is 5.11 Å². The quantitative estimate of drug-likeness (QED) is 0.681. The van der Waals surface area contributed by atoms with Crippen LogP contribution in [-0.4, -0.2) is 16.1 Å². The molecule has 1 aromatic carbocycles. The summed E-state index contributed by atoms with van der Waals surface area (Å²) < 4.78 is 0. The van der Waals surface area contributed by atoms with Crippen molar-refractivity contribution in [2.75, 3.05) is 0 Å². The van der Waals surface area contributed by atoms with E-state index in [1.165, 1.54) is 18.1 Å². The van der Waals surface area contributed by atoms with Crippen LogP contribution in [0, 0.1) is 10.1 Å². The number of hydrogen-bond acceptors (Lipinski definition) is 3. The molecule has 1 aliphatic carbocycles. The van der Waals surface area contributed by atoms with Crippen LogP contribution in [0.25, 0.3) is 0 Å². The molecule has 2 unspecified atom stereocenters. The fourth-order valence-corrected chi connectivity index (χ4v) is 3.18. The Balaban J connectivity index is 2.49. The molecule has 0 radical (unpaired) electrons. The SMILES string of the molecule is CC(C(O)c1ccc2c(c1)C(C)(C)CCC2(C)C)[N+](=O)[O-]. The second-order valence-electron chi connectivity index (χ2n) is 7.54. The van der Waals surface area contributed by atoms with E-state index in [0.717, 1.165) is 12.8 Å². The fourth-order valence-electron chi connectivity index (χ4n) is 3.18. The number of benzene rings is 1. The Morgan fingerprint density at radius 2 is 1.67 bits per heavy atom. The van der Waals surface area contributed by atoms with Crippen molar-refractivity contribution in [3.05, 3.63) is 45.0 Å². The van der Waals surface area contributed by atoms with Gasteiger partial charge in [-0.1, -0.05) is 45.9 Å². The molecule has 4 heteroatoms.